The molecule has 0 aliphatic carbocycles. The molecule has 4 rings (SSSR count). The highest BCUT2D eigenvalue weighted by molar-refractivity contribution is 7.91. The summed E-state index contributed by atoms with van der Waals surface area (Å²) in [6.07, 6.45) is -0.794. The first-order chi connectivity index (χ1) is 17.3. The van der Waals surface area contributed by atoms with Crippen LogP contribution in [0, 0.1) is 11.2 Å². The number of hydrogen-bond acceptors (Lipinski definition) is 6. The first kappa shape index (κ1) is 26.9. The van der Waals surface area contributed by atoms with Crippen molar-refractivity contribution in [1.82, 2.24) is 14.1 Å². The van der Waals surface area contributed by atoms with Crippen molar-refractivity contribution in [2.24, 2.45) is 5.41 Å². The Morgan fingerprint density at radius 1 is 1.16 bits per heavy atom. The standard InChI is InChI=1S/C25H28F3N3O5S/c1-15(2)30-19-11-17(21(32)13-25(3)5-8-37(34,35)9-6-25)18(26)12-20(19)31(24(30)33)23-10-16(4-7-29-23)36-14-22(27)28/h4,7,10-12,15,22H,5-6,8-9,13-14H2,1-3H3. The minimum absolute atomic E-state index is 0.0128. The van der Waals surface area contributed by atoms with Gasteiger partial charge in [-0.1, -0.05) is 6.92 Å². The molecule has 1 saturated heterocycles. The number of ether oxygens (including phenoxy) is 1. The zero-order chi connectivity index (χ0) is 27.1. The number of hydrogen-bond donors (Lipinski definition) is 0. The van der Waals surface area contributed by atoms with Gasteiger partial charge in [0.05, 0.1) is 28.1 Å². The van der Waals surface area contributed by atoms with Gasteiger partial charge in [0.1, 0.15) is 33.8 Å². The number of benzene rings is 1. The van der Waals surface area contributed by atoms with Crippen LogP contribution in [-0.4, -0.2) is 52.9 Å². The van der Waals surface area contributed by atoms with Crippen molar-refractivity contribution in [2.45, 2.75) is 52.5 Å². The van der Waals surface area contributed by atoms with Crippen LogP contribution in [0.5, 0.6) is 5.75 Å². The summed E-state index contributed by atoms with van der Waals surface area (Å²) in [5.74, 6) is -1.21. The Morgan fingerprint density at radius 2 is 1.84 bits per heavy atom. The van der Waals surface area contributed by atoms with Crippen LogP contribution >= 0.6 is 0 Å². The lowest BCUT2D eigenvalue weighted by atomic mass is 9.78. The van der Waals surface area contributed by atoms with Crippen LogP contribution in [0.3, 0.4) is 0 Å². The SMILES string of the molecule is CC(C)n1c(=O)n(-c2cc(OCC(F)F)ccn2)c2cc(F)c(C(=O)CC3(C)CCS(=O)(=O)CC3)cc21. The van der Waals surface area contributed by atoms with E-state index < -0.39 is 45.6 Å². The molecule has 0 unspecified atom stereocenters. The summed E-state index contributed by atoms with van der Waals surface area (Å²) in [6, 6.07) is 4.75. The Hall–Kier alpha value is -3.15. The fraction of sp³-hybridized carbons (Fsp3) is 0.480. The van der Waals surface area contributed by atoms with Crippen molar-refractivity contribution < 1.29 is 31.1 Å². The topological polar surface area (TPSA) is 100 Å². The third-order valence-corrected chi connectivity index (χ3v) is 8.37. The van der Waals surface area contributed by atoms with Gasteiger partial charge in [-0.3, -0.25) is 9.36 Å². The average Bonchev–Trinajstić information content (AvgIpc) is 3.10. The molecule has 37 heavy (non-hydrogen) atoms. The first-order valence-corrected chi connectivity index (χ1v) is 13.7. The van der Waals surface area contributed by atoms with E-state index in [1.54, 1.807) is 13.8 Å². The van der Waals surface area contributed by atoms with Gasteiger partial charge in [-0.25, -0.2) is 35.9 Å². The van der Waals surface area contributed by atoms with E-state index in [-0.39, 0.29) is 46.6 Å². The molecule has 1 fully saturated rings. The minimum Gasteiger partial charge on any atom is -0.487 e. The Morgan fingerprint density at radius 3 is 2.46 bits per heavy atom. The smallest absolute Gasteiger partial charge is 0.335 e. The number of rotatable bonds is 8. The van der Waals surface area contributed by atoms with Gasteiger partial charge in [-0.2, -0.15) is 0 Å². The number of fused-ring (bicyclic) bond motifs is 1. The molecule has 2 aromatic heterocycles. The molecule has 0 amide bonds. The zero-order valence-corrected chi connectivity index (χ0v) is 21.5. The fourth-order valence-corrected chi connectivity index (χ4v) is 6.44. The molecule has 200 valence electrons. The number of nitrogens with zero attached hydrogens (tertiary/aromatic N) is 3. The second-order valence-corrected chi connectivity index (χ2v) is 12.3. The number of carbonyl (C=O) groups excluding carboxylic acids is 1. The monoisotopic (exact) mass is 539 g/mol. The van der Waals surface area contributed by atoms with Gasteiger partial charge in [-0.15, -0.1) is 0 Å². The molecule has 3 aromatic rings. The van der Waals surface area contributed by atoms with Crippen molar-refractivity contribution in [3.05, 3.63) is 52.3 Å². The molecule has 0 bridgehead atoms. The summed E-state index contributed by atoms with van der Waals surface area (Å²) in [5, 5.41) is 0. The number of halogens is 3. The maximum absolute atomic E-state index is 15.3. The Labute approximate surface area is 212 Å². The summed E-state index contributed by atoms with van der Waals surface area (Å²) in [6.45, 7) is 4.51. The van der Waals surface area contributed by atoms with E-state index in [0.717, 1.165) is 10.6 Å². The predicted molar refractivity (Wildman–Crippen MR) is 132 cm³/mol. The molecule has 12 heteroatoms. The quantitative estimate of drug-likeness (QED) is 0.395. The first-order valence-electron chi connectivity index (χ1n) is 11.9. The van der Waals surface area contributed by atoms with E-state index in [1.807, 2.05) is 6.92 Å². The maximum Gasteiger partial charge on any atom is 0.335 e. The van der Waals surface area contributed by atoms with Gasteiger partial charge in [0.25, 0.3) is 6.43 Å². The number of Topliss-reactive ketones (excluding diaryl/α,β-unsaturated/α-hetero) is 1. The van der Waals surface area contributed by atoms with Gasteiger partial charge in [0, 0.05) is 30.8 Å². The van der Waals surface area contributed by atoms with E-state index in [9.17, 15) is 26.8 Å². The second kappa shape index (κ2) is 9.96. The van der Waals surface area contributed by atoms with E-state index in [1.165, 1.54) is 29.0 Å². The van der Waals surface area contributed by atoms with Crippen molar-refractivity contribution in [3.8, 4) is 11.6 Å². The molecule has 1 aromatic carbocycles. The van der Waals surface area contributed by atoms with Gasteiger partial charge in [0.15, 0.2) is 5.78 Å². The highest BCUT2D eigenvalue weighted by Gasteiger charge is 2.36. The number of alkyl halides is 2. The lowest BCUT2D eigenvalue weighted by molar-refractivity contribution is 0.0818. The van der Waals surface area contributed by atoms with Crippen LogP contribution in [0.1, 0.15) is 56.4 Å². The van der Waals surface area contributed by atoms with Crippen LogP contribution < -0.4 is 10.4 Å². The van der Waals surface area contributed by atoms with E-state index in [2.05, 4.69) is 4.98 Å². The molecule has 0 radical (unpaired) electrons. The lowest BCUT2D eigenvalue weighted by Crippen LogP contribution is -2.33. The summed E-state index contributed by atoms with van der Waals surface area (Å²) in [4.78, 5) is 30.7. The van der Waals surface area contributed by atoms with Crippen LogP contribution in [0.4, 0.5) is 13.2 Å². The van der Waals surface area contributed by atoms with Crippen molar-refractivity contribution >= 4 is 26.7 Å². The third-order valence-electron chi connectivity index (χ3n) is 6.72. The number of imidazole rings is 1. The van der Waals surface area contributed by atoms with E-state index >= 15 is 4.39 Å². The number of carbonyl (C=O) groups is 1. The van der Waals surface area contributed by atoms with Gasteiger partial charge < -0.3 is 4.74 Å². The lowest BCUT2D eigenvalue weighted by Gasteiger charge is -2.32. The van der Waals surface area contributed by atoms with Crippen LogP contribution in [0.2, 0.25) is 0 Å². The molecule has 0 N–H and O–H groups in total. The number of aromatic nitrogens is 3. The van der Waals surface area contributed by atoms with Crippen molar-refractivity contribution in [3.63, 3.8) is 0 Å². The highest BCUT2D eigenvalue weighted by Crippen LogP contribution is 2.37. The molecular weight excluding hydrogens is 511 g/mol. The normalized spacial score (nSPS) is 17.0. The number of pyridine rings is 1. The largest absolute Gasteiger partial charge is 0.487 e. The predicted octanol–water partition coefficient (Wildman–Crippen LogP) is 4.34. The van der Waals surface area contributed by atoms with Gasteiger partial charge in [0.2, 0.25) is 0 Å². The molecule has 1 aliphatic heterocycles. The second-order valence-electron chi connectivity index (χ2n) is 10.0. The average molecular weight is 540 g/mol. The molecule has 3 heterocycles. The van der Waals surface area contributed by atoms with Crippen LogP contribution in [0.15, 0.2) is 35.3 Å². The molecular formula is C25H28F3N3O5S. The molecule has 8 nitrogen and oxygen atoms in total. The van der Waals surface area contributed by atoms with E-state index in [4.69, 9.17) is 4.74 Å². The van der Waals surface area contributed by atoms with E-state index in [0.29, 0.717) is 18.4 Å². The summed E-state index contributed by atoms with van der Waals surface area (Å²) in [7, 11) is -3.12. The molecule has 0 saturated carbocycles. The van der Waals surface area contributed by atoms with Crippen LogP contribution in [-0.2, 0) is 9.84 Å². The van der Waals surface area contributed by atoms with Gasteiger partial charge >= 0.3 is 5.69 Å². The van der Waals surface area contributed by atoms with Gasteiger partial charge in [-0.05, 0) is 44.2 Å². The molecule has 0 atom stereocenters. The molecule has 0 spiro atoms. The maximum atomic E-state index is 15.3. The highest BCUT2D eigenvalue weighted by atomic mass is 32.2. The number of sulfone groups is 1. The third kappa shape index (κ3) is 5.58. The van der Waals surface area contributed by atoms with Crippen molar-refractivity contribution in [1.29, 1.82) is 0 Å². The Balaban J connectivity index is 1.76. The fourth-order valence-electron chi connectivity index (χ4n) is 4.63. The zero-order valence-electron chi connectivity index (χ0n) is 20.7. The summed E-state index contributed by atoms with van der Waals surface area (Å²) in [5.41, 5.74) is -0.841. The molecule has 1 aliphatic rings. The Kier molecular flexibility index (Phi) is 7.24. The number of ketones is 1. The minimum atomic E-state index is -3.12. The van der Waals surface area contributed by atoms with Crippen LogP contribution in [0.25, 0.3) is 16.9 Å². The Bertz CT molecular complexity index is 1500. The summed E-state index contributed by atoms with van der Waals surface area (Å²) >= 11 is 0. The summed E-state index contributed by atoms with van der Waals surface area (Å²) < 4.78 is 71.7. The van der Waals surface area contributed by atoms with Crippen molar-refractivity contribution in [2.75, 3.05) is 18.1 Å².